The van der Waals surface area contributed by atoms with Gasteiger partial charge in [0.05, 0.1) is 56.5 Å². The molecule has 6 aromatic heterocycles. The summed E-state index contributed by atoms with van der Waals surface area (Å²) in [5, 5.41) is 12.4. The highest BCUT2D eigenvalue weighted by molar-refractivity contribution is 6.19. The number of rotatable bonds is 6. The van der Waals surface area contributed by atoms with Crippen LogP contribution < -0.4 is 0 Å². The van der Waals surface area contributed by atoms with Gasteiger partial charge in [0, 0.05) is 89.4 Å². The standard InChI is InChI=1S/C39H25N3.C35H23N3/c1-2-12-29(13-3-1)41-36-17-9-7-15-32(36)39-34(24-40-25-38(39)41)28-19-21-37-33(23-28)31-14-6-8-16-35(31)42(37)30-20-18-26-10-4-5-11-27(26)22-30;1-3-11-25(12-4-1)37-31-17-9-7-15-27(31)29-21-24(19-20-33(29)37)30-22-36-23-34-35(30)28-16-8-10-18-32(28)38(34)26-13-5-2-6-14-26/h1-25H;1-23H. The Hall–Kier alpha value is -10.8. The van der Waals surface area contributed by atoms with E-state index in [1.807, 2.05) is 24.8 Å². The SMILES string of the molecule is c1ccc(-n2c3ccccc3c3c(-c4ccc5c(c4)c4ccccc4n5-c4ccc5ccccc5c4)cncc32)cc1.c1ccc(-n2c3ccccc3c3cc(-c4cncc5c4c4ccccc4n5-c4ccccc4)ccc32)cc1. The summed E-state index contributed by atoms with van der Waals surface area (Å²) in [6.07, 6.45) is 8.02. The summed E-state index contributed by atoms with van der Waals surface area (Å²) in [5.41, 5.74) is 18.6. The van der Waals surface area contributed by atoms with Crippen molar-refractivity contribution in [1.82, 2.24) is 28.2 Å². The zero-order chi connectivity index (χ0) is 52.7. The molecule has 6 heterocycles. The van der Waals surface area contributed by atoms with Gasteiger partial charge in [-0.25, -0.2) is 0 Å². The molecule has 0 radical (unpaired) electrons. The lowest BCUT2D eigenvalue weighted by Crippen LogP contribution is -1.94. The molecule has 17 rings (SSSR count). The third-order valence-electron chi connectivity index (χ3n) is 16.2. The van der Waals surface area contributed by atoms with E-state index in [1.54, 1.807) is 0 Å². The highest BCUT2D eigenvalue weighted by Crippen LogP contribution is 2.43. The average molecular weight is 1020 g/mol. The van der Waals surface area contributed by atoms with E-state index in [0.29, 0.717) is 0 Å². The fourth-order valence-electron chi connectivity index (χ4n) is 12.7. The Kier molecular flexibility index (Phi) is 10.5. The number of para-hydroxylation sites is 7. The molecule has 0 unspecified atom stereocenters. The molecule has 0 amide bonds. The first kappa shape index (κ1) is 45.4. The lowest BCUT2D eigenvalue weighted by atomic mass is 9.99. The van der Waals surface area contributed by atoms with Gasteiger partial charge in [-0.2, -0.15) is 0 Å². The molecular formula is C74H48N6. The minimum atomic E-state index is 1.11. The van der Waals surface area contributed by atoms with Crippen LogP contribution in [0.1, 0.15) is 0 Å². The second kappa shape index (κ2) is 18.4. The van der Waals surface area contributed by atoms with Crippen LogP contribution in [0.25, 0.3) is 143 Å². The van der Waals surface area contributed by atoms with E-state index in [4.69, 9.17) is 9.97 Å². The largest absolute Gasteiger partial charge is 0.309 e. The summed E-state index contributed by atoms with van der Waals surface area (Å²) in [4.78, 5) is 9.51. The second-order valence-corrected chi connectivity index (χ2v) is 20.6. The van der Waals surface area contributed by atoms with Crippen LogP contribution in [0, 0.1) is 0 Å². The number of hydrogen-bond donors (Lipinski definition) is 0. The smallest absolute Gasteiger partial charge is 0.0730 e. The van der Waals surface area contributed by atoms with Crippen molar-refractivity contribution in [2.45, 2.75) is 0 Å². The quantitative estimate of drug-likeness (QED) is 0.167. The number of pyridine rings is 2. The van der Waals surface area contributed by atoms with E-state index in [2.05, 4.69) is 285 Å². The van der Waals surface area contributed by atoms with Gasteiger partial charge in [-0.05, 0) is 119 Å². The third-order valence-corrected chi connectivity index (χ3v) is 16.2. The summed E-state index contributed by atoms with van der Waals surface area (Å²) < 4.78 is 9.39. The van der Waals surface area contributed by atoms with Crippen molar-refractivity contribution in [3.05, 3.63) is 292 Å². The van der Waals surface area contributed by atoms with Crippen molar-refractivity contribution >= 4 is 98.0 Å². The summed E-state index contributed by atoms with van der Waals surface area (Å²) in [7, 11) is 0. The minimum Gasteiger partial charge on any atom is -0.309 e. The van der Waals surface area contributed by atoms with Crippen molar-refractivity contribution < 1.29 is 0 Å². The molecule has 17 aromatic rings. The van der Waals surface area contributed by atoms with E-state index in [-0.39, 0.29) is 0 Å². The minimum absolute atomic E-state index is 1.11. The number of fused-ring (bicyclic) bond motifs is 13. The molecule has 6 heteroatoms. The first-order chi connectivity index (χ1) is 39.7. The van der Waals surface area contributed by atoms with Gasteiger partial charge >= 0.3 is 0 Å². The lowest BCUT2D eigenvalue weighted by molar-refractivity contribution is 1.17. The predicted octanol–water partition coefficient (Wildman–Crippen LogP) is 19.0. The summed E-state index contributed by atoms with van der Waals surface area (Å²) in [6, 6.07) is 95.4. The molecule has 0 aliphatic heterocycles. The third kappa shape index (κ3) is 7.13. The van der Waals surface area contributed by atoms with Crippen LogP contribution in [0.3, 0.4) is 0 Å². The molecule has 0 aliphatic rings. The van der Waals surface area contributed by atoms with Crippen molar-refractivity contribution in [1.29, 1.82) is 0 Å². The maximum atomic E-state index is 4.77. The molecule has 0 bridgehead atoms. The van der Waals surface area contributed by atoms with Crippen LogP contribution >= 0.6 is 0 Å². The van der Waals surface area contributed by atoms with Gasteiger partial charge in [0.25, 0.3) is 0 Å². The fraction of sp³-hybridized carbons (Fsp3) is 0. The highest BCUT2D eigenvalue weighted by atomic mass is 15.0. The number of benzene rings is 11. The van der Waals surface area contributed by atoms with Crippen molar-refractivity contribution in [2.24, 2.45) is 0 Å². The Morgan fingerprint density at radius 3 is 1.02 bits per heavy atom. The zero-order valence-corrected chi connectivity index (χ0v) is 43.4. The van der Waals surface area contributed by atoms with E-state index >= 15 is 0 Å². The molecule has 0 N–H and O–H groups in total. The molecular weight excluding hydrogens is 973 g/mol. The summed E-state index contributed by atoms with van der Waals surface area (Å²) in [5.74, 6) is 0. The maximum Gasteiger partial charge on any atom is 0.0730 e. The van der Waals surface area contributed by atoms with Crippen LogP contribution in [-0.4, -0.2) is 28.2 Å². The normalized spacial score (nSPS) is 11.8. The molecule has 0 saturated heterocycles. The van der Waals surface area contributed by atoms with Gasteiger partial charge in [0.15, 0.2) is 0 Å². The molecule has 6 nitrogen and oxygen atoms in total. The second-order valence-electron chi connectivity index (χ2n) is 20.6. The predicted molar refractivity (Wildman–Crippen MR) is 334 cm³/mol. The molecule has 374 valence electrons. The van der Waals surface area contributed by atoms with Crippen LogP contribution in [0.5, 0.6) is 0 Å². The monoisotopic (exact) mass is 1020 g/mol. The highest BCUT2D eigenvalue weighted by Gasteiger charge is 2.21. The van der Waals surface area contributed by atoms with E-state index in [0.717, 1.165) is 39.1 Å². The van der Waals surface area contributed by atoms with Gasteiger partial charge in [0.2, 0.25) is 0 Å². The summed E-state index contributed by atoms with van der Waals surface area (Å²) in [6.45, 7) is 0. The first-order valence-electron chi connectivity index (χ1n) is 27.2. The number of aromatic nitrogens is 6. The van der Waals surface area contributed by atoms with Crippen molar-refractivity contribution in [3.63, 3.8) is 0 Å². The molecule has 11 aromatic carbocycles. The van der Waals surface area contributed by atoms with Gasteiger partial charge in [-0.15, -0.1) is 0 Å². The molecule has 0 aliphatic carbocycles. The Labute approximate surface area is 460 Å². The van der Waals surface area contributed by atoms with E-state index in [9.17, 15) is 0 Å². The fourth-order valence-corrected chi connectivity index (χ4v) is 12.7. The molecule has 0 spiro atoms. The maximum absolute atomic E-state index is 4.77. The average Bonchev–Trinajstić information content (AvgIpc) is 4.47. The zero-order valence-electron chi connectivity index (χ0n) is 43.4. The lowest BCUT2D eigenvalue weighted by Gasteiger charge is -2.10. The Balaban J connectivity index is 0.000000133. The van der Waals surface area contributed by atoms with E-state index in [1.165, 1.54) is 104 Å². The molecule has 0 atom stereocenters. The van der Waals surface area contributed by atoms with Gasteiger partial charge in [-0.1, -0.05) is 170 Å². The first-order valence-corrected chi connectivity index (χ1v) is 27.2. The number of nitrogens with zero attached hydrogens (tertiary/aromatic N) is 6. The van der Waals surface area contributed by atoms with Crippen molar-refractivity contribution in [2.75, 3.05) is 0 Å². The molecule has 80 heavy (non-hydrogen) atoms. The van der Waals surface area contributed by atoms with Gasteiger partial charge in [0.1, 0.15) is 0 Å². The van der Waals surface area contributed by atoms with Crippen LogP contribution in [0.4, 0.5) is 0 Å². The van der Waals surface area contributed by atoms with Crippen LogP contribution in [0.15, 0.2) is 292 Å². The Bertz CT molecular complexity index is 5240. The number of hydrogen-bond acceptors (Lipinski definition) is 2. The van der Waals surface area contributed by atoms with Crippen LogP contribution in [-0.2, 0) is 0 Å². The van der Waals surface area contributed by atoms with Crippen molar-refractivity contribution in [3.8, 4) is 45.0 Å². The van der Waals surface area contributed by atoms with Gasteiger partial charge < -0.3 is 18.3 Å². The molecule has 0 fully saturated rings. The van der Waals surface area contributed by atoms with E-state index < -0.39 is 0 Å². The Morgan fingerprint density at radius 2 is 0.562 bits per heavy atom. The Morgan fingerprint density at radius 1 is 0.212 bits per heavy atom. The van der Waals surface area contributed by atoms with Crippen LogP contribution in [0.2, 0.25) is 0 Å². The summed E-state index contributed by atoms with van der Waals surface area (Å²) >= 11 is 0. The molecule has 0 saturated carbocycles. The topological polar surface area (TPSA) is 45.5 Å². The van der Waals surface area contributed by atoms with Gasteiger partial charge in [-0.3, -0.25) is 9.97 Å².